The van der Waals surface area contributed by atoms with E-state index in [-0.39, 0.29) is 27.1 Å². The fraction of sp³-hybridized carbons (Fsp3) is 0.500. The van der Waals surface area contributed by atoms with Gasteiger partial charge in [-0.2, -0.15) is 13.2 Å². The van der Waals surface area contributed by atoms with Crippen LogP contribution in [0.5, 0.6) is 0 Å². The van der Waals surface area contributed by atoms with Crippen molar-refractivity contribution in [3.05, 3.63) is 23.9 Å². The number of nitrogens with zero attached hydrogens (tertiary/aromatic N) is 2. The molecule has 2 aliphatic heterocycles. The summed E-state index contributed by atoms with van der Waals surface area (Å²) in [5.41, 5.74) is 5.09. The summed E-state index contributed by atoms with van der Waals surface area (Å²) >= 11 is 0.685. The number of nitrogen functional groups attached to an aromatic ring is 1. The zero-order chi connectivity index (χ0) is 21.5. The number of rotatable bonds is 4. The highest BCUT2D eigenvalue weighted by molar-refractivity contribution is 7.92. The number of benzene rings is 1. The molecule has 2 N–H and O–H groups in total. The van der Waals surface area contributed by atoms with E-state index >= 15 is 0 Å². The van der Waals surface area contributed by atoms with Crippen molar-refractivity contribution >= 4 is 32.0 Å². The highest BCUT2D eigenvalue weighted by Gasteiger charge is 2.38. The molecule has 1 aromatic carbocycles. The van der Waals surface area contributed by atoms with Crippen LogP contribution in [-0.4, -0.2) is 58.2 Å². The standard InChI is InChI=1S/C18H20F3N3O4S2/c19-18(20,21)16-15(29-17(22)23-16)11-7-12(24-2-5-27-6-3-24)9-14(8-11)30(25,26)13-1-4-28-10-13/h7-9,13H,1-6,10H2,(H2,22,23)/t13-/m1/s1. The monoisotopic (exact) mass is 463 g/mol. The van der Waals surface area contributed by atoms with E-state index in [0.717, 1.165) is 0 Å². The Kier molecular flexibility index (Phi) is 5.68. The first-order valence-electron chi connectivity index (χ1n) is 9.29. The van der Waals surface area contributed by atoms with Crippen molar-refractivity contribution in [1.82, 2.24) is 4.98 Å². The maximum absolute atomic E-state index is 13.5. The summed E-state index contributed by atoms with van der Waals surface area (Å²) in [6.45, 7) is 2.32. The van der Waals surface area contributed by atoms with Crippen molar-refractivity contribution < 1.29 is 31.1 Å². The Balaban J connectivity index is 1.87. The molecule has 30 heavy (non-hydrogen) atoms. The number of aromatic nitrogens is 1. The molecule has 7 nitrogen and oxygen atoms in total. The average Bonchev–Trinajstić information content (AvgIpc) is 3.38. The molecular formula is C18H20F3N3O4S2. The second-order valence-corrected chi connectivity index (χ2v) is 10.3. The van der Waals surface area contributed by atoms with E-state index in [1.165, 1.54) is 12.1 Å². The Hall–Kier alpha value is -1.89. The molecular weight excluding hydrogens is 443 g/mol. The summed E-state index contributed by atoms with van der Waals surface area (Å²) in [4.78, 5) is 5.11. The van der Waals surface area contributed by atoms with E-state index < -0.39 is 27.0 Å². The van der Waals surface area contributed by atoms with Crippen molar-refractivity contribution in [2.45, 2.75) is 22.7 Å². The number of halogens is 3. The zero-order valence-corrected chi connectivity index (χ0v) is 17.4. The first-order valence-corrected chi connectivity index (χ1v) is 11.7. The maximum Gasteiger partial charge on any atom is 0.434 e. The first-order chi connectivity index (χ1) is 14.2. The molecule has 2 fully saturated rings. The van der Waals surface area contributed by atoms with Gasteiger partial charge in [-0.1, -0.05) is 11.3 Å². The smallest absolute Gasteiger partial charge is 0.380 e. The van der Waals surface area contributed by atoms with E-state index in [0.29, 0.717) is 56.4 Å². The van der Waals surface area contributed by atoms with Crippen LogP contribution in [-0.2, 0) is 25.5 Å². The molecule has 0 bridgehead atoms. The molecule has 164 valence electrons. The number of thiazole rings is 1. The number of hydrogen-bond donors (Lipinski definition) is 1. The topological polar surface area (TPSA) is 94.7 Å². The van der Waals surface area contributed by atoms with Crippen LogP contribution in [0.15, 0.2) is 23.1 Å². The number of ether oxygens (including phenoxy) is 2. The number of hydrogen-bond acceptors (Lipinski definition) is 8. The Labute approximate surface area is 175 Å². The van der Waals surface area contributed by atoms with Crippen LogP contribution in [0.1, 0.15) is 12.1 Å². The lowest BCUT2D eigenvalue weighted by molar-refractivity contribution is -0.140. The van der Waals surface area contributed by atoms with Gasteiger partial charge in [0.05, 0.1) is 34.8 Å². The van der Waals surface area contributed by atoms with Crippen LogP contribution in [0, 0.1) is 0 Å². The summed E-state index contributed by atoms with van der Waals surface area (Å²) in [7, 11) is -3.78. The van der Waals surface area contributed by atoms with Gasteiger partial charge in [-0.05, 0) is 30.2 Å². The minimum Gasteiger partial charge on any atom is -0.380 e. The van der Waals surface area contributed by atoms with Crippen molar-refractivity contribution in [2.75, 3.05) is 50.2 Å². The van der Waals surface area contributed by atoms with Gasteiger partial charge < -0.3 is 20.1 Å². The minimum absolute atomic E-state index is 0.0305. The normalized spacial score (nSPS) is 20.6. The summed E-state index contributed by atoms with van der Waals surface area (Å²) in [6.07, 6.45) is -4.36. The molecule has 1 atom stereocenters. The zero-order valence-electron chi connectivity index (χ0n) is 15.8. The van der Waals surface area contributed by atoms with Crippen molar-refractivity contribution in [1.29, 1.82) is 0 Å². The number of alkyl halides is 3. The van der Waals surface area contributed by atoms with Crippen LogP contribution < -0.4 is 10.6 Å². The molecule has 2 saturated heterocycles. The molecule has 0 aliphatic carbocycles. The van der Waals surface area contributed by atoms with Gasteiger partial charge in [0, 0.05) is 25.4 Å². The van der Waals surface area contributed by atoms with Crippen LogP contribution in [0.2, 0.25) is 0 Å². The number of sulfone groups is 1. The van der Waals surface area contributed by atoms with Gasteiger partial charge in [0.1, 0.15) is 0 Å². The van der Waals surface area contributed by atoms with Gasteiger partial charge in [-0.15, -0.1) is 0 Å². The Morgan fingerprint density at radius 3 is 2.50 bits per heavy atom. The van der Waals surface area contributed by atoms with Gasteiger partial charge in [-0.25, -0.2) is 13.4 Å². The van der Waals surface area contributed by atoms with Crippen molar-refractivity contribution in [3.8, 4) is 10.4 Å². The first kappa shape index (κ1) is 21.3. The largest absolute Gasteiger partial charge is 0.434 e. The van der Waals surface area contributed by atoms with Gasteiger partial charge >= 0.3 is 6.18 Å². The lowest BCUT2D eigenvalue weighted by Gasteiger charge is -2.29. The highest BCUT2D eigenvalue weighted by Crippen LogP contribution is 2.43. The van der Waals surface area contributed by atoms with Crippen LogP contribution >= 0.6 is 11.3 Å². The van der Waals surface area contributed by atoms with Crippen molar-refractivity contribution in [3.63, 3.8) is 0 Å². The third kappa shape index (κ3) is 4.13. The van der Waals surface area contributed by atoms with Crippen LogP contribution in [0.25, 0.3) is 10.4 Å². The maximum atomic E-state index is 13.5. The molecule has 0 spiro atoms. The van der Waals surface area contributed by atoms with Gasteiger partial charge in [0.15, 0.2) is 20.7 Å². The highest BCUT2D eigenvalue weighted by atomic mass is 32.2. The summed E-state index contributed by atoms with van der Waals surface area (Å²) in [5, 5.41) is -0.957. The molecule has 0 amide bonds. The molecule has 0 radical (unpaired) electrons. The summed E-state index contributed by atoms with van der Waals surface area (Å²) in [5.74, 6) is 0. The van der Waals surface area contributed by atoms with E-state index in [2.05, 4.69) is 4.98 Å². The fourth-order valence-electron chi connectivity index (χ4n) is 3.56. The van der Waals surface area contributed by atoms with Gasteiger partial charge in [0.25, 0.3) is 0 Å². The van der Waals surface area contributed by atoms with Gasteiger partial charge in [-0.3, -0.25) is 0 Å². The fourth-order valence-corrected chi connectivity index (χ4v) is 6.04. The molecule has 2 aliphatic rings. The lowest BCUT2D eigenvalue weighted by atomic mass is 10.1. The number of nitrogens with two attached hydrogens (primary N) is 1. The Morgan fingerprint density at radius 2 is 1.87 bits per heavy atom. The van der Waals surface area contributed by atoms with E-state index in [1.54, 1.807) is 6.07 Å². The minimum atomic E-state index is -4.71. The third-order valence-electron chi connectivity index (χ3n) is 5.10. The van der Waals surface area contributed by atoms with Crippen LogP contribution in [0.3, 0.4) is 0 Å². The molecule has 0 saturated carbocycles. The summed E-state index contributed by atoms with van der Waals surface area (Å²) in [6, 6.07) is 4.34. The van der Waals surface area contributed by atoms with E-state index in [9.17, 15) is 21.6 Å². The Bertz CT molecular complexity index is 1030. The average molecular weight is 464 g/mol. The predicted octanol–water partition coefficient (Wildman–Crippen LogP) is 2.81. The molecule has 2 aromatic rings. The lowest BCUT2D eigenvalue weighted by Crippen LogP contribution is -2.36. The Morgan fingerprint density at radius 1 is 1.13 bits per heavy atom. The molecule has 4 rings (SSSR count). The van der Waals surface area contributed by atoms with Gasteiger partial charge in [0.2, 0.25) is 0 Å². The molecule has 0 unspecified atom stereocenters. The number of morpholine rings is 1. The predicted molar refractivity (Wildman–Crippen MR) is 106 cm³/mol. The van der Waals surface area contributed by atoms with E-state index in [1.807, 2.05) is 4.90 Å². The molecule has 12 heteroatoms. The second-order valence-electron chi connectivity index (χ2n) is 7.07. The summed E-state index contributed by atoms with van der Waals surface area (Å²) < 4.78 is 77.4. The number of anilines is 2. The molecule has 1 aromatic heterocycles. The third-order valence-corrected chi connectivity index (χ3v) is 8.17. The van der Waals surface area contributed by atoms with Crippen LogP contribution in [0.4, 0.5) is 24.0 Å². The quantitative estimate of drug-likeness (QED) is 0.745. The SMILES string of the molecule is Nc1nc(C(F)(F)F)c(-c2cc(N3CCOCC3)cc(S(=O)(=O)[C@@H]3CCOC3)c2)s1. The van der Waals surface area contributed by atoms with Crippen molar-refractivity contribution in [2.24, 2.45) is 0 Å². The second kappa shape index (κ2) is 7.98. The molecule has 3 heterocycles. The van der Waals surface area contributed by atoms with E-state index in [4.69, 9.17) is 15.2 Å².